The lowest BCUT2D eigenvalue weighted by Gasteiger charge is -2.25. The fourth-order valence-electron chi connectivity index (χ4n) is 3.58. The van der Waals surface area contributed by atoms with Crippen LogP contribution in [0.2, 0.25) is 0 Å². The summed E-state index contributed by atoms with van der Waals surface area (Å²) in [7, 11) is -3.71. The van der Waals surface area contributed by atoms with Crippen LogP contribution in [0.4, 0.5) is 0 Å². The highest BCUT2D eigenvalue weighted by Crippen LogP contribution is 2.30. The molecule has 2 aromatic rings. The molecule has 3 heterocycles. The SMILES string of the molecule is O=C(NNC(=O)c1sccc1S(=O)(=O)N1CCCCC1)c1cc2c(s1)CCC2. The number of carbonyl (C=O) groups is 2. The summed E-state index contributed by atoms with van der Waals surface area (Å²) in [4.78, 5) is 26.7. The van der Waals surface area contributed by atoms with Gasteiger partial charge in [0.25, 0.3) is 11.8 Å². The topological polar surface area (TPSA) is 95.6 Å². The van der Waals surface area contributed by atoms with Crippen molar-refractivity contribution < 1.29 is 18.0 Å². The number of hydrogen-bond donors (Lipinski definition) is 2. The van der Waals surface area contributed by atoms with Crippen molar-refractivity contribution in [1.29, 1.82) is 0 Å². The van der Waals surface area contributed by atoms with E-state index in [1.54, 1.807) is 5.38 Å². The number of amides is 2. The molecule has 0 atom stereocenters. The van der Waals surface area contributed by atoms with Crippen molar-refractivity contribution in [3.05, 3.63) is 37.7 Å². The van der Waals surface area contributed by atoms with Crippen LogP contribution in [0, 0.1) is 0 Å². The van der Waals surface area contributed by atoms with E-state index in [-0.39, 0.29) is 15.7 Å². The molecule has 28 heavy (non-hydrogen) atoms. The van der Waals surface area contributed by atoms with Crippen LogP contribution >= 0.6 is 22.7 Å². The number of aryl methyl sites for hydroxylation is 2. The average Bonchev–Trinajstić information content (AvgIpc) is 3.42. The molecule has 2 amide bonds. The van der Waals surface area contributed by atoms with Crippen LogP contribution in [0.3, 0.4) is 0 Å². The van der Waals surface area contributed by atoms with Crippen LogP contribution in [0.5, 0.6) is 0 Å². The quantitative estimate of drug-likeness (QED) is 0.716. The van der Waals surface area contributed by atoms with Crippen LogP contribution in [0.25, 0.3) is 0 Å². The number of carbonyl (C=O) groups excluding carboxylic acids is 2. The van der Waals surface area contributed by atoms with E-state index >= 15 is 0 Å². The number of rotatable bonds is 4. The predicted octanol–water partition coefficient (Wildman–Crippen LogP) is 2.55. The highest BCUT2D eigenvalue weighted by atomic mass is 32.2. The Morgan fingerprint density at radius 2 is 1.75 bits per heavy atom. The molecule has 150 valence electrons. The molecule has 10 heteroatoms. The lowest BCUT2D eigenvalue weighted by Crippen LogP contribution is -2.42. The second kappa shape index (κ2) is 7.94. The van der Waals surface area contributed by atoms with Gasteiger partial charge in [-0.05, 0) is 55.2 Å². The van der Waals surface area contributed by atoms with Crippen LogP contribution in [-0.4, -0.2) is 37.6 Å². The summed E-state index contributed by atoms with van der Waals surface area (Å²) < 4.78 is 27.2. The summed E-state index contributed by atoms with van der Waals surface area (Å²) in [6.45, 7) is 0.942. The maximum atomic E-state index is 12.9. The van der Waals surface area contributed by atoms with Crippen LogP contribution in [0.15, 0.2) is 22.4 Å². The summed E-state index contributed by atoms with van der Waals surface area (Å²) in [6.07, 6.45) is 5.76. The maximum Gasteiger partial charge on any atom is 0.281 e. The number of piperidine rings is 1. The maximum absolute atomic E-state index is 12.9. The molecule has 0 unspecified atom stereocenters. The zero-order chi connectivity index (χ0) is 19.7. The van der Waals surface area contributed by atoms with Gasteiger partial charge in [-0.15, -0.1) is 22.7 Å². The molecule has 0 radical (unpaired) electrons. The lowest BCUT2D eigenvalue weighted by atomic mass is 10.2. The summed E-state index contributed by atoms with van der Waals surface area (Å²) in [5.74, 6) is -1.01. The molecule has 2 aromatic heterocycles. The zero-order valence-electron chi connectivity index (χ0n) is 15.2. The number of hydrazine groups is 1. The number of sulfonamides is 1. The first-order valence-corrected chi connectivity index (χ1v) is 12.4. The Labute approximate surface area is 171 Å². The Bertz CT molecular complexity index is 982. The Morgan fingerprint density at radius 3 is 2.50 bits per heavy atom. The van der Waals surface area contributed by atoms with E-state index in [1.807, 2.05) is 6.07 Å². The normalized spacial score (nSPS) is 17.3. The fraction of sp³-hybridized carbons (Fsp3) is 0.444. The van der Waals surface area contributed by atoms with Gasteiger partial charge in [-0.1, -0.05) is 6.42 Å². The molecule has 7 nitrogen and oxygen atoms in total. The number of nitrogens with one attached hydrogen (secondary N) is 2. The molecule has 0 spiro atoms. The Kier molecular flexibility index (Phi) is 5.55. The van der Waals surface area contributed by atoms with Crippen molar-refractivity contribution in [2.75, 3.05) is 13.1 Å². The second-order valence-corrected chi connectivity index (χ2v) is 10.9. The number of nitrogens with zero attached hydrogens (tertiary/aromatic N) is 1. The molecule has 0 bridgehead atoms. The van der Waals surface area contributed by atoms with E-state index in [4.69, 9.17) is 0 Å². The molecule has 0 aromatic carbocycles. The first-order valence-electron chi connectivity index (χ1n) is 9.27. The molecular weight excluding hydrogens is 418 g/mol. The van der Waals surface area contributed by atoms with Gasteiger partial charge >= 0.3 is 0 Å². The van der Waals surface area contributed by atoms with E-state index in [0.29, 0.717) is 18.0 Å². The third-order valence-corrected chi connectivity index (χ3v) is 9.25. The third kappa shape index (κ3) is 3.73. The molecule has 1 fully saturated rings. The molecule has 1 aliphatic carbocycles. The molecule has 1 aliphatic heterocycles. The zero-order valence-corrected chi connectivity index (χ0v) is 17.6. The van der Waals surface area contributed by atoms with Gasteiger partial charge in [0.2, 0.25) is 10.0 Å². The molecule has 1 saturated heterocycles. The van der Waals surface area contributed by atoms with Gasteiger partial charge in [-0.25, -0.2) is 8.42 Å². The average molecular weight is 440 g/mol. The highest BCUT2D eigenvalue weighted by molar-refractivity contribution is 7.89. The standard InChI is InChI=1S/C18H21N3O4S3/c22-17(14-11-12-5-4-6-13(12)27-14)19-20-18(23)16-15(7-10-26-16)28(24,25)21-8-2-1-3-9-21/h7,10-11H,1-6,8-9H2,(H,19,22)(H,20,23). The number of thiophene rings is 2. The van der Waals surface area contributed by atoms with Gasteiger partial charge in [-0.2, -0.15) is 4.31 Å². The van der Waals surface area contributed by atoms with Crippen LogP contribution < -0.4 is 10.9 Å². The van der Waals surface area contributed by atoms with E-state index in [9.17, 15) is 18.0 Å². The van der Waals surface area contributed by atoms with Crippen molar-refractivity contribution in [2.45, 2.75) is 43.4 Å². The van der Waals surface area contributed by atoms with Gasteiger partial charge < -0.3 is 0 Å². The summed E-state index contributed by atoms with van der Waals surface area (Å²) in [6, 6.07) is 3.32. The number of fused-ring (bicyclic) bond motifs is 1. The Balaban J connectivity index is 1.44. The molecule has 0 saturated carbocycles. The first-order chi connectivity index (χ1) is 13.5. The number of hydrogen-bond acceptors (Lipinski definition) is 6. The third-order valence-electron chi connectivity index (χ3n) is 5.03. The highest BCUT2D eigenvalue weighted by Gasteiger charge is 2.31. The van der Waals surface area contributed by atoms with Crippen LogP contribution in [-0.2, 0) is 22.9 Å². The Hall–Kier alpha value is -1.75. The van der Waals surface area contributed by atoms with Crippen molar-refractivity contribution >= 4 is 44.5 Å². The molecule has 2 aliphatic rings. The van der Waals surface area contributed by atoms with Gasteiger partial charge in [0.1, 0.15) is 9.77 Å². The minimum absolute atomic E-state index is 0.00116. The summed E-state index contributed by atoms with van der Waals surface area (Å²) >= 11 is 2.49. The molecule has 2 N–H and O–H groups in total. The minimum atomic E-state index is -3.71. The van der Waals surface area contributed by atoms with E-state index in [2.05, 4.69) is 10.9 Å². The fourth-order valence-corrected chi connectivity index (χ4v) is 7.55. The van der Waals surface area contributed by atoms with E-state index in [0.717, 1.165) is 49.9 Å². The lowest BCUT2D eigenvalue weighted by molar-refractivity contribution is 0.0849. The van der Waals surface area contributed by atoms with E-state index in [1.165, 1.54) is 32.1 Å². The van der Waals surface area contributed by atoms with Crippen molar-refractivity contribution in [3.63, 3.8) is 0 Å². The first kappa shape index (κ1) is 19.6. The predicted molar refractivity (Wildman–Crippen MR) is 108 cm³/mol. The Morgan fingerprint density at radius 1 is 1.00 bits per heavy atom. The van der Waals surface area contributed by atoms with Gasteiger partial charge in [0, 0.05) is 18.0 Å². The van der Waals surface area contributed by atoms with E-state index < -0.39 is 15.9 Å². The smallest absolute Gasteiger partial charge is 0.266 e. The van der Waals surface area contributed by atoms with Gasteiger partial charge in [-0.3, -0.25) is 20.4 Å². The van der Waals surface area contributed by atoms with Gasteiger partial charge in [0.05, 0.1) is 4.88 Å². The summed E-state index contributed by atoms with van der Waals surface area (Å²) in [5, 5.41) is 1.58. The molecule has 4 rings (SSSR count). The van der Waals surface area contributed by atoms with Crippen molar-refractivity contribution in [3.8, 4) is 0 Å². The van der Waals surface area contributed by atoms with Crippen molar-refractivity contribution in [2.24, 2.45) is 0 Å². The van der Waals surface area contributed by atoms with Crippen LogP contribution in [0.1, 0.15) is 55.5 Å². The second-order valence-electron chi connectivity index (χ2n) is 6.90. The largest absolute Gasteiger partial charge is 0.281 e. The summed E-state index contributed by atoms with van der Waals surface area (Å²) in [5.41, 5.74) is 5.97. The van der Waals surface area contributed by atoms with Crippen molar-refractivity contribution in [1.82, 2.24) is 15.2 Å². The monoisotopic (exact) mass is 439 g/mol. The minimum Gasteiger partial charge on any atom is -0.266 e. The van der Waals surface area contributed by atoms with Gasteiger partial charge in [0.15, 0.2) is 0 Å². The molecular formula is C18H21N3O4S3.